The van der Waals surface area contributed by atoms with Gasteiger partial charge in [0.25, 0.3) is 11.1 Å². The zero-order valence-corrected chi connectivity index (χ0v) is 17.2. The highest BCUT2D eigenvalue weighted by Crippen LogP contribution is 2.33. The molecule has 1 aromatic carbocycles. The molecule has 142 valence electrons. The molecule has 0 amide bonds. The Morgan fingerprint density at radius 2 is 1.93 bits per heavy atom. The van der Waals surface area contributed by atoms with Gasteiger partial charge in [0.15, 0.2) is 17.3 Å². The number of aryl methyl sites for hydroxylation is 2. The summed E-state index contributed by atoms with van der Waals surface area (Å²) in [6.45, 7) is 5.63. The number of carbonyl (C=O) groups excluding carboxylic acids is 1. The number of nitrogens with zero attached hydrogens (tertiary/aromatic N) is 3. The van der Waals surface area contributed by atoms with Crippen LogP contribution in [-0.4, -0.2) is 40.4 Å². The van der Waals surface area contributed by atoms with Crippen LogP contribution < -0.4 is 9.47 Å². The van der Waals surface area contributed by atoms with Crippen molar-refractivity contribution in [3.05, 3.63) is 34.5 Å². The van der Waals surface area contributed by atoms with E-state index in [9.17, 15) is 4.79 Å². The van der Waals surface area contributed by atoms with Crippen LogP contribution in [0.25, 0.3) is 10.8 Å². The summed E-state index contributed by atoms with van der Waals surface area (Å²) in [4.78, 5) is 18.0. The Kier molecular flexibility index (Phi) is 5.81. The van der Waals surface area contributed by atoms with Gasteiger partial charge in [-0.15, -0.1) is 21.5 Å². The maximum Gasteiger partial charge on any atom is 0.277 e. The van der Waals surface area contributed by atoms with Gasteiger partial charge in [-0.2, -0.15) is 0 Å². The van der Waals surface area contributed by atoms with Crippen molar-refractivity contribution in [2.24, 2.45) is 0 Å². The van der Waals surface area contributed by atoms with E-state index in [4.69, 9.17) is 13.9 Å². The monoisotopic (exact) mass is 405 g/mol. The molecule has 0 fully saturated rings. The Labute approximate surface area is 165 Å². The minimum Gasteiger partial charge on any atom is -0.493 e. The van der Waals surface area contributed by atoms with Crippen molar-refractivity contribution in [2.75, 3.05) is 14.2 Å². The lowest BCUT2D eigenvalue weighted by atomic mass is 10.1. The van der Waals surface area contributed by atoms with Crippen LogP contribution in [-0.2, 0) is 0 Å². The molecule has 0 N–H and O–H groups in total. The molecule has 0 spiro atoms. The number of hydrogen-bond acceptors (Lipinski definition) is 9. The molecule has 3 aromatic rings. The summed E-state index contributed by atoms with van der Waals surface area (Å²) in [5.74, 6) is 1.44. The fraction of sp³-hybridized carbons (Fsp3) is 0.333. The van der Waals surface area contributed by atoms with Crippen LogP contribution in [0.15, 0.2) is 27.8 Å². The van der Waals surface area contributed by atoms with Gasteiger partial charge in [0.1, 0.15) is 4.88 Å². The topological polar surface area (TPSA) is 87.3 Å². The molecule has 2 aromatic heterocycles. The van der Waals surface area contributed by atoms with Gasteiger partial charge in [-0.25, -0.2) is 4.98 Å². The van der Waals surface area contributed by atoms with Gasteiger partial charge in [0.05, 0.1) is 30.2 Å². The van der Waals surface area contributed by atoms with E-state index in [2.05, 4.69) is 15.2 Å². The molecule has 0 aliphatic rings. The smallest absolute Gasteiger partial charge is 0.277 e. The second-order valence-corrected chi connectivity index (χ2v) is 8.21. The maximum absolute atomic E-state index is 12.7. The number of aromatic nitrogens is 3. The minimum absolute atomic E-state index is 0.0643. The molecule has 7 nitrogen and oxygen atoms in total. The molecule has 9 heteroatoms. The third kappa shape index (κ3) is 4.14. The first-order chi connectivity index (χ1) is 12.9. The molecule has 0 bridgehead atoms. The summed E-state index contributed by atoms with van der Waals surface area (Å²) in [7, 11) is 3.09. The van der Waals surface area contributed by atoms with Crippen molar-refractivity contribution < 1.29 is 18.7 Å². The summed E-state index contributed by atoms with van der Waals surface area (Å²) in [6.07, 6.45) is 0. The number of rotatable bonds is 7. The lowest BCUT2D eigenvalue weighted by Crippen LogP contribution is -2.13. The first-order valence-corrected chi connectivity index (χ1v) is 9.83. The lowest BCUT2D eigenvalue weighted by molar-refractivity contribution is 0.0993. The lowest BCUT2D eigenvalue weighted by Gasteiger charge is -2.11. The van der Waals surface area contributed by atoms with Crippen LogP contribution in [0.2, 0.25) is 0 Å². The van der Waals surface area contributed by atoms with E-state index >= 15 is 0 Å². The van der Waals surface area contributed by atoms with E-state index in [-0.39, 0.29) is 5.78 Å². The molecule has 3 rings (SSSR count). The van der Waals surface area contributed by atoms with Crippen LogP contribution in [0.5, 0.6) is 11.5 Å². The molecule has 27 heavy (non-hydrogen) atoms. The Morgan fingerprint density at radius 3 is 2.56 bits per heavy atom. The molecule has 1 unspecified atom stereocenters. The van der Waals surface area contributed by atoms with Crippen molar-refractivity contribution >= 4 is 28.9 Å². The highest BCUT2D eigenvalue weighted by Gasteiger charge is 2.22. The molecule has 0 saturated carbocycles. The number of Topliss-reactive ketones (excluding diaryl/α,β-unsaturated/α-hetero) is 1. The summed E-state index contributed by atoms with van der Waals surface area (Å²) in [5.41, 5.74) is 1.38. The van der Waals surface area contributed by atoms with E-state index in [0.717, 1.165) is 15.6 Å². The SMILES string of the molecule is COc1ccc(C(=O)C(C)Sc2nnc(-c3sc(C)nc3C)o2)cc1OC. The third-order valence-electron chi connectivity index (χ3n) is 3.82. The standard InChI is InChI=1S/C18H19N3O4S2/c1-9-16(27-11(3)19-9)17-20-21-18(25-17)26-10(2)15(22)12-6-7-13(23-4)14(8-12)24-5/h6-8,10H,1-5H3. The van der Waals surface area contributed by atoms with Gasteiger partial charge in [-0.1, -0.05) is 11.8 Å². The number of carbonyl (C=O) groups is 1. The summed E-state index contributed by atoms with van der Waals surface area (Å²) < 4.78 is 16.2. The van der Waals surface area contributed by atoms with E-state index in [1.807, 2.05) is 13.8 Å². The van der Waals surface area contributed by atoms with Crippen molar-refractivity contribution in [1.82, 2.24) is 15.2 Å². The second kappa shape index (κ2) is 8.10. The zero-order valence-electron chi connectivity index (χ0n) is 15.6. The average Bonchev–Trinajstić information content (AvgIpc) is 3.25. The Morgan fingerprint density at radius 1 is 1.19 bits per heavy atom. The van der Waals surface area contributed by atoms with E-state index in [1.165, 1.54) is 30.2 Å². The minimum atomic E-state index is -0.402. The van der Waals surface area contributed by atoms with Gasteiger partial charge in [0, 0.05) is 5.56 Å². The summed E-state index contributed by atoms with van der Waals surface area (Å²) in [5, 5.41) is 9.01. The average molecular weight is 406 g/mol. The normalized spacial score (nSPS) is 12.0. The van der Waals surface area contributed by atoms with Crippen molar-refractivity contribution in [2.45, 2.75) is 31.2 Å². The van der Waals surface area contributed by atoms with Crippen molar-refractivity contribution in [3.63, 3.8) is 0 Å². The van der Waals surface area contributed by atoms with E-state index < -0.39 is 5.25 Å². The predicted molar refractivity (Wildman–Crippen MR) is 104 cm³/mol. The summed E-state index contributed by atoms with van der Waals surface area (Å²) >= 11 is 2.72. The molecular weight excluding hydrogens is 386 g/mol. The molecule has 1 atom stereocenters. The first-order valence-electron chi connectivity index (χ1n) is 8.13. The Balaban J connectivity index is 1.75. The number of thioether (sulfide) groups is 1. The molecule has 0 radical (unpaired) electrons. The van der Waals surface area contributed by atoms with E-state index in [1.54, 1.807) is 32.2 Å². The van der Waals surface area contributed by atoms with Crippen LogP contribution in [0.3, 0.4) is 0 Å². The van der Waals surface area contributed by atoms with Gasteiger partial charge in [-0.3, -0.25) is 4.79 Å². The fourth-order valence-corrected chi connectivity index (χ4v) is 4.11. The second-order valence-electron chi connectivity index (χ2n) is 5.71. The molecule has 0 aliphatic carbocycles. The van der Waals surface area contributed by atoms with Gasteiger partial charge < -0.3 is 13.9 Å². The van der Waals surface area contributed by atoms with Crippen LogP contribution >= 0.6 is 23.1 Å². The number of benzene rings is 1. The van der Waals surface area contributed by atoms with Gasteiger partial charge in [0.2, 0.25) is 0 Å². The van der Waals surface area contributed by atoms with Gasteiger partial charge >= 0.3 is 0 Å². The fourth-order valence-electron chi connectivity index (χ4n) is 2.51. The molecule has 2 heterocycles. The Bertz CT molecular complexity index is 967. The third-order valence-corrected chi connectivity index (χ3v) is 5.81. The quantitative estimate of drug-likeness (QED) is 0.427. The number of methoxy groups -OCH3 is 2. The number of thiazole rings is 1. The number of ether oxygens (including phenoxy) is 2. The largest absolute Gasteiger partial charge is 0.493 e. The van der Waals surface area contributed by atoms with Crippen LogP contribution in [0.1, 0.15) is 28.0 Å². The molecular formula is C18H19N3O4S2. The zero-order chi connectivity index (χ0) is 19.6. The predicted octanol–water partition coefficient (Wildman–Crippen LogP) is 4.19. The maximum atomic E-state index is 12.7. The number of hydrogen-bond donors (Lipinski definition) is 0. The highest BCUT2D eigenvalue weighted by molar-refractivity contribution is 8.00. The Hall–Kier alpha value is -2.39. The van der Waals surface area contributed by atoms with Crippen LogP contribution in [0, 0.1) is 13.8 Å². The van der Waals surface area contributed by atoms with Crippen LogP contribution in [0.4, 0.5) is 0 Å². The van der Waals surface area contributed by atoms with E-state index in [0.29, 0.717) is 28.2 Å². The molecule has 0 aliphatic heterocycles. The first kappa shape index (κ1) is 19.4. The molecule has 0 saturated heterocycles. The van der Waals surface area contributed by atoms with Gasteiger partial charge in [-0.05, 0) is 39.0 Å². The summed E-state index contributed by atoms with van der Waals surface area (Å²) in [6, 6.07) is 5.09. The highest BCUT2D eigenvalue weighted by atomic mass is 32.2. The number of ketones is 1. The van der Waals surface area contributed by atoms with Crippen molar-refractivity contribution in [1.29, 1.82) is 0 Å². The van der Waals surface area contributed by atoms with Crippen molar-refractivity contribution in [3.8, 4) is 22.3 Å².